The molecule has 21 heavy (non-hydrogen) atoms. The lowest BCUT2D eigenvalue weighted by molar-refractivity contribution is -0.142. The van der Waals surface area contributed by atoms with E-state index in [9.17, 15) is 13.2 Å². The average molecular weight is 314 g/mol. The van der Waals surface area contributed by atoms with E-state index in [1.807, 2.05) is 14.0 Å². The predicted molar refractivity (Wildman–Crippen MR) is 80.4 cm³/mol. The van der Waals surface area contributed by atoms with Crippen molar-refractivity contribution in [2.24, 2.45) is 0 Å². The van der Waals surface area contributed by atoms with E-state index in [2.05, 4.69) is 10.0 Å². The monoisotopic (exact) mass is 314 g/mol. The topological polar surface area (TPSA) is 84.5 Å². The maximum absolute atomic E-state index is 12.0. The third kappa shape index (κ3) is 5.45. The Bertz CT molecular complexity index is 555. The van der Waals surface area contributed by atoms with Gasteiger partial charge in [-0.2, -0.15) is 0 Å². The first-order chi connectivity index (χ1) is 9.90. The lowest BCUT2D eigenvalue weighted by Crippen LogP contribution is -2.26. The SMILES string of the molecule is CCOC(=O)CCNS(=O)(=O)c1ccc(C(C)NC)cc1. The number of ether oxygens (including phenoxy) is 1. The molecule has 0 aliphatic carbocycles. The van der Waals surface area contributed by atoms with Gasteiger partial charge in [0, 0.05) is 12.6 Å². The van der Waals surface area contributed by atoms with Crippen LogP contribution in [0.2, 0.25) is 0 Å². The molecular weight excluding hydrogens is 292 g/mol. The molecule has 1 aromatic rings. The summed E-state index contributed by atoms with van der Waals surface area (Å²) in [6.45, 7) is 4.00. The number of carbonyl (C=O) groups excluding carboxylic acids is 1. The van der Waals surface area contributed by atoms with Crippen molar-refractivity contribution < 1.29 is 17.9 Å². The summed E-state index contributed by atoms with van der Waals surface area (Å²) in [4.78, 5) is 11.3. The van der Waals surface area contributed by atoms with Gasteiger partial charge in [0.1, 0.15) is 0 Å². The van der Waals surface area contributed by atoms with Gasteiger partial charge in [-0.1, -0.05) is 12.1 Å². The zero-order valence-electron chi connectivity index (χ0n) is 12.5. The highest BCUT2D eigenvalue weighted by molar-refractivity contribution is 7.89. The van der Waals surface area contributed by atoms with Crippen molar-refractivity contribution in [3.8, 4) is 0 Å². The number of esters is 1. The van der Waals surface area contributed by atoms with E-state index in [1.54, 1.807) is 31.2 Å². The van der Waals surface area contributed by atoms with E-state index >= 15 is 0 Å². The molecule has 0 fully saturated rings. The number of rotatable bonds is 8. The van der Waals surface area contributed by atoms with Gasteiger partial charge in [0.2, 0.25) is 10.0 Å². The molecule has 0 bridgehead atoms. The van der Waals surface area contributed by atoms with Crippen LogP contribution in [0.1, 0.15) is 31.9 Å². The van der Waals surface area contributed by atoms with Crippen LogP contribution in [-0.2, 0) is 19.6 Å². The normalized spacial score (nSPS) is 12.9. The number of hydrogen-bond donors (Lipinski definition) is 2. The third-order valence-electron chi connectivity index (χ3n) is 3.05. The van der Waals surface area contributed by atoms with Crippen LogP contribution in [0.25, 0.3) is 0 Å². The highest BCUT2D eigenvalue weighted by Crippen LogP contribution is 2.15. The molecule has 7 heteroatoms. The van der Waals surface area contributed by atoms with Crippen molar-refractivity contribution in [2.45, 2.75) is 31.2 Å². The Morgan fingerprint density at radius 3 is 2.43 bits per heavy atom. The predicted octanol–water partition coefficient (Wildman–Crippen LogP) is 1.20. The summed E-state index contributed by atoms with van der Waals surface area (Å²) in [5.74, 6) is -0.418. The summed E-state index contributed by atoms with van der Waals surface area (Å²) in [6.07, 6.45) is 0.0158. The molecule has 0 amide bonds. The summed E-state index contributed by atoms with van der Waals surface area (Å²) in [7, 11) is -1.76. The molecule has 1 atom stereocenters. The average Bonchev–Trinajstić information content (AvgIpc) is 2.46. The fraction of sp³-hybridized carbons (Fsp3) is 0.500. The van der Waals surface area contributed by atoms with Crippen LogP contribution in [0.3, 0.4) is 0 Å². The van der Waals surface area contributed by atoms with Crippen molar-refractivity contribution in [3.05, 3.63) is 29.8 Å². The minimum atomic E-state index is -3.60. The second kappa shape index (κ2) is 8.11. The Morgan fingerprint density at radius 1 is 1.29 bits per heavy atom. The van der Waals surface area contributed by atoms with Crippen LogP contribution in [0.5, 0.6) is 0 Å². The molecule has 1 rings (SSSR count). The van der Waals surface area contributed by atoms with Gasteiger partial charge in [-0.3, -0.25) is 4.79 Å². The number of nitrogens with one attached hydrogen (secondary N) is 2. The standard InChI is InChI=1S/C14H22N2O4S/c1-4-20-14(17)9-10-16-21(18,19)13-7-5-12(6-8-13)11(2)15-3/h5-8,11,15-16H,4,9-10H2,1-3H3. The first-order valence-electron chi connectivity index (χ1n) is 6.83. The van der Waals surface area contributed by atoms with Gasteiger partial charge in [0.15, 0.2) is 0 Å². The molecule has 0 heterocycles. The Kier molecular flexibility index (Phi) is 6.80. The summed E-state index contributed by atoms with van der Waals surface area (Å²) >= 11 is 0. The van der Waals surface area contributed by atoms with Crippen LogP contribution in [0, 0.1) is 0 Å². The number of benzene rings is 1. The van der Waals surface area contributed by atoms with Crippen LogP contribution < -0.4 is 10.0 Å². The molecule has 1 unspecified atom stereocenters. The van der Waals surface area contributed by atoms with E-state index in [0.717, 1.165) is 5.56 Å². The zero-order valence-corrected chi connectivity index (χ0v) is 13.4. The van der Waals surface area contributed by atoms with Crippen LogP contribution in [0.4, 0.5) is 0 Å². The molecule has 0 aliphatic heterocycles. The highest BCUT2D eigenvalue weighted by atomic mass is 32.2. The molecule has 0 radical (unpaired) electrons. The first-order valence-corrected chi connectivity index (χ1v) is 8.31. The Labute approximate surface area is 125 Å². The Morgan fingerprint density at radius 2 is 1.90 bits per heavy atom. The number of sulfonamides is 1. The van der Waals surface area contributed by atoms with Gasteiger partial charge in [-0.05, 0) is 38.6 Å². The van der Waals surface area contributed by atoms with Gasteiger partial charge < -0.3 is 10.1 Å². The van der Waals surface area contributed by atoms with Crippen molar-refractivity contribution in [3.63, 3.8) is 0 Å². The summed E-state index contributed by atoms with van der Waals surface area (Å²) in [5.41, 5.74) is 1.00. The molecular formula is C14H22N2O4S. The van der Waals surface area contributed by atoms with Gasteiger partial charge >= 0.3 is 5.97 Å². The second-order valence-electron chi connectivity index (χ2n) is 4.53. The Balaban J connectivity index is 2.64. The van der Waals surface area contributed by atoms with Crippen molar-refractivity contribution in [1.29, 1.82) is 0 Å². The van der Waals surface area contributed by atoms with Gasteiger partial charge in [0.05, 0.1) is 17.9 Å². The molecule has 2 N–H and O–H groups in total. The fourth-order valence-electron chi connectivity index (χ4n) is 1.71. The maximum Gasteiger partial charge on any atom is 0.307 e. The maximum atomic E-state index is 12.0. The lowest BCUT2D eigenvalue weighted by atomic mass is 10.1. The number of hydrogen-bond acceptors (Lipinski definition) is 5. The molecule has 1 aromatic carbocycles. The van der Waals surface area contributed by atoms with Crippen LogP contribution in [-0.4, -0.2) is 34.6 Å². The highest BCUT2D eigenvalue weighted by Gasteiger charge is 2.15. The molecule has 0 spiro atoms. The van der Waals surface area contributed by atoms with Crippen LogP contribution in [0.15, 0.2) is 29.2 Å². The van der Waals surface area contributed by atoms with E-state index < -0.39 is 16.0 Å². The van der Waals surface area contributed by atoms with E-state index in [1.165, 1.54) is 0 Å². The molecule has 0 saturated carbocycles. The van der Waals surface area contributed by atoms with E-state index in [4.69, 9.17) is 4.74 Å². The lowest BCUT2D eigenvalue weighted by Gasteiger charge is -2.11. The molecule has 0 aliphatic rings. The zero-order chi connectivity index (χ0) is 15.9. The first kappa shape index (κ1) is 17.6. The molecule has 0 saturated heterocycles. The largest absolute Gasteiger partial charge is 0.466 e. The quantitative estimate of drug-likeness (QED) is 0.704. The van der Waals surface area contributed by atoms with Crippen molar-refractivity contribution >= 4 is 16.0 Å². The minimum absolute atomic E-state index is 0.0158. The second-order valence-corrected chi connectivity index (χ2v) is 6.30. The van der Waals surface area contributed by atoms with E-state index in [-0.39, 0.29) is 30.5 Å². The van der Waals surface area contributed by atoms with Gasteiger partial charge in [0.25, 0.3) is 0 Å². The molecule has 118 valence electrons. The summed E-state index contributed by atoms with van der Waals surface area (Å²) in [6, 6.07) is 6.78. The van der Waals surface area contributed by atoms with Crippen molar-refractivity contribution in [1.82, 2.24) is 10.0 Å². The molecule has 6 nitrogen and oxygen atoms in total. The fourth-order valence-corrected chi connectivity index (χ4v) is 2.74. The minimum Gasteiger partial charge on any atom is -0.466 e. The van der Waals surface area contributed by atoms with Crippen LogP contribution >= 0.6 is 0 Å². The van der Waals surface area contributed by atoms with E-state index in [0.29, 0.717) is 0 Å². The van der Waals surface area contributed by atoms with Gasteiger partial charge in [-0.25, -0.2) is 13.1 Å². The Hall–Kier alpha value is -1.44. The summed E-state index contributed by atoms with van der Waals surface area (Å²) in [5, 5.41) is 3.08. The van der Waals surface area contributed by atoms with Gasteiger partial charge in [-0.15, -0.1) is 0 Å². The smallest absolute Gasteiger partial charge is 0.307 e. The third-order valence-corrected chi connectivity index (χ3v) is 4.53. The molecule has 0 aromatic heterocycles. The summed E-state index contributed by atoms with van der Waals surface area (Å²) < 4.78 is 31.2. The number of carbonyl (C=O) groups is 1. The van der Waals surface area contributed by atoms with Crippen molar-refractivity contribution in [2.75, 3.05) is 20.2 Å².